The average molecular weight is 285 g/mol. The van der Waals surface area contributed by atoms with Gasteiger partial charge < -0.3 is 10.2 Å². The first-order valence-electron chi connectivity index (χ1n) is 5.85. The zero-order chi connectivity index (χ0) is 15.1. The number of aliphatic hydroxyl groups is 2. The van der Waals surface area contributed by atoms with Crippen LogP contribution in [0.5, 0.6) is 0 Å². The van der Waals surface area contributed by atoms with Gasteiger partial charge in [0, 0.05) is 31.8 Å². The molecule has 1 rings (SSSR count). The van der Waals surface area contributed by atoms with Crippen molar-refractivity contribution in [2.75, 3.05) is 26.3 Å². The van der Waals surface area contributed by atoms with E-state index in [1.54, 1.807) is 4.90 Å². The number of nitro groups is 2. The molecule has 0 amide bonds. The summed E-state index contributed by atoms with van der Waals surface area (Å²) >= 11 is 0. The maximum Gasteiger partial charge on any atom is 0.346 e. The molecule has 0 fully saturated rings. The van der Waals surface area contributed by atoms with Crippen LogP contribution < -0.4 is 0 Å². The van der Waals surface area contributed by atoms with Crippen LogP contribution in [0.25, 0.3) is 0 Å². The molecule has 9 nitrogen and oxygen atoms in total. The fourth-order valence-corrected chi connectivity index (χ4v) is 1.78. The summed E-state index contributed by atoms with van der Waals surface area (Å²) in [5.41, 5.74) is -0.626. The molecule has 1 aromatic rings. The number of hydrogen-bond acceptors (Lipinski definition) is 7. The summed E-state index contributed by atoms with van der Waals surface area (Å²) in [6.45, 7) is 0.612. The molecule has 9 heteroatoms. The number of rotatable bonds is 8. The van der Waals surface area contributed by atoms with Gasteiger partial charge in [-0.25, -0.2) is 0 Å². The van der Waals surface area contributed by atoms with Crippen molar-refractivity contribution in [3.05, 3.63) is 44.0 Å². The highest BCUT2D eigenvalue weighted by atomic mass is 16.6. The molecule has 20 heavy (non-hydrogen) atoms. The first kappa shape index (κ1) is 16.0. The highest BCUT2D eigenvalue weighted by Gasteiger charge is 2.24. The van der Waals surface area contributed by atoms with Crippen molar-refractivity contribution in [1.29, 1.82) is 0 Å². The minimum atomic E-state index is -0.804. The summed E-state index contributed by atoms with van der Waals surface area (Å²) in [5, 5.41) is 39.3. The largest absolute Gasteiger partial charge is 0.395 e. The van der Waals surface area contributed by atoms with E-state index in [1.807, 2.05) is 0 Å². The summed E-state index contributed by atoms with van der Waals surface area (Å²) in [7, 11) is 0. The molecular weight excluding hydrogens is 270 g/mol. The number of benzene rings is 1. The van der Waals surface area contributed by atoms with Gasteiger partial charge in [0.05, 0.1) is 23.1 Å². The van der Waals surface area contributed by atoms with Crippen LogP contribution in [-0.4, -0.2) is 51.3 Å². The summed E-state index contributed by atoms with van der Waals surface area (Å²) in [5.74, 6) is 0. The molecule has 0 aliphatic rings. The minimum absolute atomic E-state index is 0.116. The maximum absolute atomic E-state index is 10.8. The van der Waals surface area contributed by atoms with Gasteiger partial charge in [-0.15, -0.1) is 0 Å². The summed E-state index contributed by atoms with van der Waals surface area (Å²) in [4.78, 5) is 21.6. The van der Waals surface area contributed by atoms with Gasteiger partial charge in [0.2, 0.25) is 0 Å². The second-order valence-corrected chi connectivity index (χ2v) is 4.06. The zero-order valence-corrected chi connectivity index (χ0v) is 10.6. The monoisotopic (exact) mass is 285 g/mol. The lowest BCUT2D eigenvalue weighted by molar-refractivity contribution is -0.422. The summed E-state index contributed by atoms with van der Waals surface area (Å²) in [6.07, 6.45) is 0. The molecule has 0 heterocycles. The normalized spacial score (nSPS) is 10.8. The fraction of sp³-hybridized carbons (Fsp3) is 0.455. The third-order valence-electron chi connectivity index (χ3n) is 2.67. The van der Waals surface area contributed by atoms with Crippen LogP contribution >= 0.6 is 0 Å². The Hall–Kier alpha value is -2.10. The lowest BCUT2D eigenvalue weighted by Gasteiger charge is -2.19. The number of aliphatic hydroxyl groups excluding tert-OH is 2. The lowest BCUT2D eigenvalue weighted by atomic mass is 10.1. The molecule has 0 atom stereocenters. The Labute approximate surface area is 114 Å². The van der Waals surface area contributed by atoms with E-state index < -0.39 is 21.2 Å². The Balaban J connectivity index is 2.99. The molecule has 0 aliphatic heterocycles. The van der Waals surface area contributed by atoms with E-state index in [4.69, 9.17) is 10.2 Å². The quantitative estimate of drug-likeness (QED) is 0.518. The molecule has 0 aliphatic carbocycles. The van der Waals surface area contributed by atoms with E-state index in [0.717, 1.165) is 12.1 Å². The highest BCUT2D eigenvalue weighted by molar-refractivity contribution is 5.54. The van der Waals surface area contributed by atoms with Crippen LogP contribution in [0, 0.1) is 20.2 Å². The zero-order valence-electron chi connectivity index (χ0n) is 10.6. The Morgan fingerprint density at radius 3 is 2.00 bits per heavy atom. The first-order valence-corrected chi connectivity index (χ1v) is 5.85. The van der Waals surface area contributed by atoms with Gasteiger partial charge in [0.15, 0.2) is 0 Å². The third kappa shape index (κ3) is 4.23. The number of hydrogen-bond donors (Lipinski definition) is 2. The van der Waals surface area contributed by atoms with Crippen molar-refractivity contribution in [1.82, 2.24) is 4.90 Å². The predicted octanol–water partition coefficient (Wildman–Crippen LogP) is 0.290. The van der Waals surface area contributed by atoms with E-state index in [-0.39, 0.29) is 19.8 Å². The van der Waals surface area contributed by atoms with Crippen LogP contribution in [0.2, 0.25) is 0 Å². The van der Waals surface area contributed by atoms with Crippen LogP contribution in [0.3, 0.4) is 0 Å². The van der Waals surface area contributed by atoms with Gasteiger partial charge in [0.25, 0.3) is 0 Å². The molecule has 2 N–H and O–H groups in total. The fourth-order valence-electron chi connectivity index (χ4n) is 1.78. The summed E-state index contributed by atoms with van der Waals surface area (Å²) in [6, 6.07) is 3.65. The number of nitrogens with zero attached hydrogens (tertiary/aromatic N) is 3. The molecule has 0 unspecified atom stereocenters. The van der Waals surface area contributed by atoms with Crippen molar-refractivity contribution in [2.45, 2.75) is 6.54 Å². The van der Waals surface area contributed by atoms with Gasteiger partial charge in [0.1, 0.15) is 0 Å². The Kier molecular flexibility index (Phi) is 5.97. The van der Waals surface area contributed by atoms with Crippen molar-refractivity contribution in [3.8, 4) is 0 Å². The van der Waals surface area contributed by atoms with E-state index in [0.29, 0.717) is 18.7 Å². The Morgan fingerprint density at radius 2 is 1.55 bits per heavy atom. The SMILES string of the molecule is O=[N+]([O-])c1ccc(CN(CCO)CCO)cc1[N+](=O)[O-]. The van der Waals surface area contributed by atoms with Crippen molar-refractivity contribution >= 4 is 11.4 Å². The smallest absolute Gasteiger partial charge is 0.346 e. The Morgan fingerprint density at radius 1 is 1.00 bits per heavy atom. The van der Waals surface area contributed by atoms with E-state index in [2.05, 4.69) is 0 Å². The molecule has 0 bridgehead atoms. The Bertz CT molecular complexity index is 487. The third-order valence-corrected chi connectivity index (χ3v) is 2.67. The van der Waals surface area contributed by atoms with E-state index in [9.17, 15) is 20.2 Å². The van der Waals surface area contributed by atoms with Crippen molar-refractivity contribution in [3.63, 3.8) is 0 Å². The van der Waals surface area contributed by atoms with Gasteiger partial charge in [-0.1, -0.05) is 6.07 Å². The van der Waals surface area contributed by atoms with Gasteiger partial charge in [-0.05, 0) is 5.56 Å². The van der Waals surface area contributed by atoms with Crippen LogP contribution in [0.1, 0.15) is 5.56 Å². The summed E-state index contributed by atoms with van der Waals surface area (Å²) < 4.78 is 0. The van der Waals surface area contributed by atoms with Gasteiger partial charge in [-0.2, -0.15) is 0 Å². The van der Waals surface area contributed by atoms with E-state index in [1.165, 1.54) is 6.07 Å². The molecule has 0 saturated carbocycles. The standard InChI is InChI=1S/C11H15N3O6/c15-5-3-12(4-6-16)8-9-1-2-10(13(17)18)11(7-9)14(19)20/h1-2,7,15-16H,3-6,8H2. The molecule has 1 aromatic carbocycles. The highest BCUT2D eigenvalue weighted by Crippen LogP contribution is 2.27. The van der Waals surface area contributed by atoms with Crippen molar-refractivity contribution < 1.29 is 20.1 Å². The van der Waals surface area contributed by atoms with E-state index >= 15 is 0 Å². The van der Waals surface area contributed by atoms with Crippen LogP contribution in [0.4, 0.5) is 11.4 Å². The average Bonchev–Trinajstić information content (AvgIpc) is 2.38. The minimum Gasteiger partial charge on any atom is -0.395 e. The topological polar surface area (TPSA) is 130 Å². The maximum atomic E-state index is 10.8. The molecule has 0 saturated heterocycles. The molecular formula is C11H15N3O6. The molecule has 0 radical (unpaired) electrons. The van der Waals surface area contributed by atoms with Crippen LogP contribution in [-0.2, 0) is 6.54 Å². The second kappa shape index (κ2) is 7.48. The van der Waals surface area contributed by atoms with Crippen molar-refractivity contribution in [2.24, 2.45) is 0 Å². The predicted molar refractivity (Wildman–Crippen MR) is 69.2 cm³/mol. The van der Waals surface area contributed by atoms with Gasteiger partial charge in [-0.3, -0.25) is 25.1 Å². The molecule has 110 valence electrons. The molecule has 0 spiro atoms. The van der Waals surface area contributed by atoms with Crippen LogP contribution in [0.15, 0.2) is 18.2 Å². The second-order valence-electron chi connectivity index (χ2n) is 4.06. The number of nitro benzene ring substituents is 2. The first-order chi connectivity index (χ1) is 9.49. The van der Waals surface area contributed by atoms with Gasteiger partial charge >= 0.3 is 11.4 Å². The molecule has 0 aromatic heterocycles. The lowest BCUT2D eigenvalue weighted by Crippen LogP contribution is -2.29.